The number of nitrogens with zero attached hydrogens (tertiary/aromatic N) is 2. The van der Waals surface area contributed by atoms with Crippen molar-refractivity contribution in [2.45, 2.75) is 19.6 Å². The van der Waals surface area contributed by atoms with Gasteiger partial charge in [-0.2, -0.15) is 0 Å². The zero-order valence-corrected chi connectivity index (χ0v) is 8.03. The largest absolute Gasteiger partial charge is 0.518 e. The first kappa shape index (κ1) is 8.20. The minimum Gasteiger partial charge on any atom is -0.518 e. The zero-order chi connectivity index (χ0) is 8.32. The lowest BCUT2D eigenvalue weighted by molar-refractivity contribution is 0.509. The summed E-state index contributed by atoms with van der Waals surface area (Å²) in [5.41, 5.74) is 0. The SMILES string of the molecule is C[Si](C)(C)Oc1ncccn1. The van der Waals surface area contributed by atoms with Crippen molar-refractivity contribution in [2.75, 3.05) is 0 Å². The summed E-state index contributed by atoms with van der Waals surface area (Å²) >= 11 is 0. The molecule has 0 amide bonds. The Morgan fingerprint density at radius 1 is 1.18 bits per heavy atom. The van der Waals surface area contributed by atoms with Gasteiger partial charge in [-0.25, -0.2) is 9.97 Å². The Kier molecular flexibility index (Phi) is 2.24. The minimum atomic E-state index is -1.52. The van der Waals surface area contributed by atoms with Gasteiger partial charge in [0.05, 0.1) is 0 Å². The molecule has 0 radical (unpaired) electrons. The van der Waals surface area contributed by atoms with Crippen LogP contribution >= 0.6 is 0 Å². The fraction of sp³-hybridized carbons (Fsp3) is 0.429. The van der Waals surface area contributed by atoms with Gasteiger partial charge in [0.1, 0.15) is 0 Å². The van der Waals surface area contributed by atoms with Crippen LogP contribution in [-0.2, 0) is 0 Å². The lowest BCUT2D eigenvalue weighted by atomic mass is 10.7. The summed E-state index contributed by atoms with van der Waals surface area (Å²) in [7, 11) is -1.52. The highest BCUT2D eigenvalue weighted by Crippen LogP contribution is 2.07. The van der Waals surface area contributed by atoms with E-state index in [0.717, 1.165) is 0 Å². The van der Waals surface area contributed by atoms with Crippen LogP contribution in [0.1, 0.15) is 0 Å². The Balaban J connectivity index is 2.66. The van der Waals surface area contributed by atoms with Gasteiger partial charge in [0.15, 0.2) is 0 Å². The van der Waals surface area contributed by atoms with E-state index in [-0.39, 0.29) is 0 Å². The molecule has 1 rings (SSSR count). The minimum absolute atomic E-state index is 0.492. The van der Waals surface area contributed by atoms with Crippen molar-refractivity contribution >= 4 is 8.32 Å². The molecule has 0 bridgehead atoms. The molecule has 0 aliphatic rings. The number of rotatable bonds is 2. The lowest BCUT2D eigenvalue weighted by Gasteiger charge is -2.16. The van der Waals surface area contributed by atoms with Gasteiger partial charge < -0.3 is 4.43 Å². The first-order chi connectivity index (χ1) is 5.08. The Bertz CT molecular complexity index is 220. The number of hydrogen-bond acceptors (Lipinski definition) is 3. The monoisotopic (exact) mass is 168 g/mol. The van der Waals surface area contributed by atoms with E-state index in [2.05, 4.69) is 29.6 Å². The maximum Gasteiger partial charge on any atom is 0.302 e. The topological polar surface area (TPSA) is 35.0 Å². The van der Waals surface area contributed by atoms with Gasteiger partial charge in [0, 0.05) is 12.4 Å². The molecule has 0 saturated heterocycles. The first-order valence-corrected chi connectivity index (χ1v) is 6.95. The van der Waals surface area contributed by atoms with Crippen LogP contribution in [0.2, 0.25) is 19.6 Å². The third kappa shape index (κ3) is 3.13. The summed E-state index contributed by atoms with van der Waals surface area (Å²) in [6.07, 6.45) is 3.37. The molecular formula is C7H12N2OSi. The van der Waals surface area contributed by atoms with E-state index in [0.29, 0.717) is 6.01 Å². The highest BCUT2D eigenvalue weighted by Gasteiger charge is 2.17. The number of aromatic nitrogens is 2. The van der Waals surface area contributed by atoms with Crippen LogP contribution in [0.5, 0.6) is 6.01 Å². The van der Waals surface area contributed by atoms with Crippen molar-refractivity contribution in [1.82, 2.24) is 9.97 Å². The highest BCUT2D eigenvalue weighted by molar-refractivity contribution is 6.70. The molecule has 0 unspecified atom stereocenters. The maximum atomic E-state index is 5.52. The van der Waals surface area contributed by atoms with Crippen molar-refractivity contribution in [3.63, 3.8) is 0 Å². The smallest absolute Gasteiger partial charge is 0.302 e. The zero-order valence-electron chi connectivity index (χ0n) is 7.03. The van der Waals surface area contributed by atoms with Crippen LogP contribution in [0, 0.1) is 0 Å². The van der Waals surface area contributed by atoms with E-state index >= 15 is 0 Å². The van der Waals surface area contributed by atoms with Crippen LogP contribution in [0.3, 0.4) is 0 Å². The molecule has 1 heterocycles. The Hall–Kier alpha value is -0.903. The summed E-state index contributed by atoms with van der Waals surface area (Å²) in [4.78, 5) is 7.93. The van der Waals surface area contributed by atoms with Crippen molar-refractivity contribution in [3.8, 4) is 6.01 Å². The lowest BCUT2D eigenvalue weighted by Crippen LogP contribution is -2.30. The molecule has 0 aromatic carbocycles. The second kappa shape index (κ2) is 3.00. The predicted molar refractivity (Wildman–Crippen MR) is 46.0 cm³/mol. The summed E-state index contributed by atoms with van der Waals surface area (Å²) in [5.74, 6) is 0. The fourth-order valence-corrected chi connectivity index (χ4v) is 1.27. The van der Waals surface area contributed by atoms with Gasteiger partial charge in [-0.15, -0.1) is 0 Å². The van der Waals surface area contributed by atoms with Gasteiger partial charge in [0.25, 0.3) is 0 Å². The van der Waals surface area contributed by atoms with Crippen LogP contribution in [0.15, 0.2) is 18.5 Å². The van der Waals surface area contributed by atoms with E-state index in [1.165, 1.54) is 0 Å². The molecule has 0 spiro atoms. The summed E-state index contributed by atoms with van der Waals surface area (Å²) in [6, 6.07) is 2.27. The number of hydrogen-bond donors (Lipinski definition) is 0. The second-order valence-electron chi connectivity index (χ2n) is 3.25. The fourth-order valence-electron chi connectivity index (χ4n) is 0.612. The molecule has 0 N–H and O–H groups in total. The Morgan fingerprint density at radius 2 is 1.73 bits per heavy atom. The van der Waals surface area contributed by atoms with Crippen molar-refractivity contribution < 1.29 is 4.43 Å². The van der Waals surface area contributed by atoms with Crippen molar-refractivity contribution in [3.05, 3.63) is 18.5 Å². The van der Waals surface area contributed by atoms with E-state index < -0.39 is 8.32 Å². The molecule has 1 aromatic rings. The molecule has 3 nitrogen and oxygen atoms in total. The van der Waals surface area contributed by atoms with Gasteiger partial charge in [-0.3, -0.25) is 0 Å². The summed E-state index contributed by atoms with van der Waals surface area (Å²) in [6.45, 7) is 6.30. The van der Waals surface area contributed by atoms with E-state index in [1.54, 1.807) is 18.5 Å². The maximum absolute atomic E-state index is 5.52. The van der Waals surface area contributed by atoms with Crippen molar-refractivity contribution in [2.24, 2.45) is 0 Å². The van der Waals surface area contributed by atoms with Crippen LogP contribution < -0.4 is 4.43 Å². The molecule has 11 heavy (non-hydrogen) atoms. The third-order valence-corrected chi connectivity index (χ3v) is 1.73. The Labute approximate surface area is 67.6 Å². The molecule has 60 valence electrons. The second-order valence-corrected chi connectivity index (χ2v) is 7.67. The van der Waals surface area contributed by atoms with E-state index in [9.17, 15) is 0 Å². The molecule has 0 saturated carbocycles. The molecule has 0 aliphatic heterocycles. The first-order valence-electron chi connectivity index (χ1n) is 3.54. The van der Waals surface area contributed by atoms with Gasteiger partial charge >= 0.3 is 6.01 Å². The molecule has 4 heteroatoms. The average molecular weight is 168 g/mol. The van der Waals surface area contributed by atoms with Gasteiger partial charge in [0.2, 0.25) is 8.32 Å². The molecular weight excluding hydrogens is 156 g/mol. The summed E-state index contributed by atoms with van der Waals surface area (Å²) < 4.78 is 5.52. The predicted octanol–water partition coefficient (Wildman–Crippen LogP) is 1.69. The average Bonchev–Trinajstić information content (AvgIpc) is 1.85. The van der Waals surface area contributed by atoms with Crippen molar-refractivity contribution in [1.29, 1.82) is 0 Å². The van der Waals surface area contributed by atoms with E-state index in [4.69, 9.17) is 4.43 Å². The Morgan fingerprint density at radius 3 is 2.18 bits per heavy atom. The quantitative estimate of drug-likeness (QED) is 0.630. The summed E-state index contributed by atoms with van der Waals surface area (Å²) in [5, 5.41) is 0. The van der Waals surface area contributed by atoms with Crippen LogP contribution in [0.25, 0.3) is 0 Å². The van der Waals surface area contributed by atoms with Gasteiger partial charge in [-0.1, -0.05) is 0 Å². The van der Waals surface area contributed by atoms with Crippen LogP contribution in [0.4, 0.5) is 0 Å². The standard InChI is InChI=1S/C7H12N2OSi/c1-11(2,3)10-7-8-5-4-6-9-7/h4-6H,1-3H3. The third-order valence-electron chi connectivity index (χ3n) is 0.940. The van der Waals surface area contributed by atoms with Gasteiger partial charge in [-0.05, 0) is 25.7 Å². The normalized spacial score (nSPS) is 11.2. The molecule has 0 atom stereocenters. The molecule has 1 aromatic heterocycles. The molecule has 0 aliphatic carbocycles. The molecule has 0 fully saturated rings. The van der Waals surface area contributed by atoms with E-state index in [1.807, 2.05) is 0 Å². The highest BCUT2D eigenvalue weighted by atomic mass is 28.4. The van der Waals surface area contributed by atoms with Crippen LogP contribution in [-0.4, -0.2) is 18.3 Å².